The van der Waals surface area contributed by atoms with Gasteiger partial charge in [0, 0.05) is 6.42 Å². The summed E-state index contributed by atoms with van der Waals surface area (Å²) in [4.78, 5) is 23.8. The van der Waals surface area contributed by atoms with E-state index in [0.717, 1.165) is 25.7 Å². The Morgan fingerprint density at radius 1 is 0.955 bits per heavy atom. The van der Waals surface area contributed by atoms with Crippen molar-refractivity contribution in [2.45, 2.75) is 59.8 Å². The third-order valence-corrected chi connectivity index (χ3v) is 3.12. The molecule has 0 saturated carbocycles. The quantitative estimate of drug-likeness (QED) is 0.422. The molecule has 0 radical (unpaired) electrons. The molecule has 0 bridgehead atoms. The first-order valence-electron chi connectivity index (χ1n) is 7.86. The lowest BCUT2D eigenvalue weighted by Gasteiger charge is -2.17. The maximum Gasteiger partial charge on any atom is 0.316 e. The van der Waals surface area contributed by atoms with E-state index in [0.29, 0.717) is 12.2 Å². The predicted octanol–water partition coefficient (Wildman–Crippen LogP) is 4.51. The number of hydrogen-bond acceptors (Lipinski definition) is 4. The molecule has 0 aliphatic heterocycles. The van der Waals surface area contributed by atoms with Crippen molar-refractivity contribution in [2.75, 3.05) is 0 Å². The third kappa shape index (κ3) is 6.29. The summed E-state index contributed by atoms with van der Waals surface area (Å²) in [6.07, 6.45) is 4.46. The van der Waals surface area contributed by atoms with Crippen molar-refractivity contribution < 1.29 is 19.1 Å². The molecule has 22 heavy (non-hydrogen) atoms. The molecule has 4 heteroatoms. The second-order valence-electron chi connectivity index (χ2n) is 6.37. The molecular formula is C18H26O4. The minimum Gasteiger partial charge on any atom is -0.423 e. The molecule has 122 valence electrons. The van der Waals surface area contributed by atoms with E-state index in [1.54, 1.807) is 45.0 Å². The van der Waals surface area contributed by atoms with Crippen molar-refractivity contribution in [1.82, 2.24) is 0 Å². The molecule has 0 fully saturated rings. The average Bonchev–Trinajstić information content (AvgIpc) is 2.44. The Balaban J connectivity index is 2.64. The second-order valence-corrected chi connectivity index (χ2v) is 6.37. The van der Waals surface area contributed by atoms with E-state index in [2.05, 4.69) is 6.92 Å². The van der Waals surface area contributed by atoms with Gasteiger partial charge in [-0.2, -0.15) is 0 Å². The number of unbranched alkanes of at least 4 members (excludes halogenated alkanes) is 3. The van der Waals surface area contributed by atoms with E-state index in [1.165, 1.54) is 0 Å². The SMILES string of the molecule is CCCCCCC(=O)Oc1ccccc1OC(=O)C(C)(C)C. The molecule has 0 N–H and O–H groups in total. The summed E-state index contributed by atoms with van der Waals surface area (Å²) in [7, 11) is 0. The summed E-state index contributed by atoms with van der Waals surface area (Å²) in [6.45, 7) is 7.45. The van der Waals surface area contributed by atoms with E-state index in [9.17, 15) is 9.59 Å². The van der Waals surface area contributed by atoms with Crippen LogP contribution in [0, 0.1) is 5.41 Å². The van der Waals surface area contributed by atoms with Gasteiger partial charge in [-0.25, -0.2) is 0 Å². The van der Waals surface area contributed by atoms with Gasteiger partial charge in [-0.15, -0.1) is 0 Å². The zero-order valence-electron chi connectivity index (χ0n) is 14.0. The smallest absolute Gasteiger partial charge is 0.316 e. The normalized spacial score (nSPS) is 11.1. The Kier molecular flexibility index (Phi) is 7.09. The first-order chi connectivity index (χ1) is 10.3. The van der Waals surface area contributed by atoms with Crippen LogP contribution in [0.4, 0.5) is 0 Å². The van der Waals surface area contributed by atoms with Crippen molar-refractivity contribution in [3.05, 3.63) is 24.3 Å². The van der Waals surface area contributed by atoms with Gasteiger partial charge >= 0.3 is 11.9 Å². The van der Waals surface area contributed by atoms with Gasteiger partial charge in [0.2, 0.25) is 0 Å². The molecule has 0 atom stereocenters. The molecule has 0 unspecified atom stereocenters. The summed E-state index contributed by atoms with van der Waals surface area (Å²) in [5, 5.41) is 0. The number of rotatable bonds is 7. The Hall–Kier alpha value is -1.84. The summed E-state index contributed by atoms with van der Waals surface area (Å²) in [5.41, 5.74) is -0.614. The summed E-state index contributed by atoms with van der Waals surface area (Å²) >= 11 is 0. The number of esters is 2. The maximum absolute atomic E-state index is 12.0. The predicted molar refractivity (Wildman–Crippen MR) is 85.9 cm³/mol. The van der Waals surface area contributed by atoms with Gasteiger partial charge in [-0.05, 0) is 39.3 Å². The van der Waals surface area contributed by atoms with Crippen LogP contribution < -0.4 is 9.47 Å². The summed E-state index contributed by atoms with van der Waals surface area (Å²) in [5.74, 6) is -0.0840. The molecule has 0 amide bonds. The standard InChI is InChI=1S/C18H26O4/c1-5-6-7-8-13-16(19)21-14-11-9-10-12-15(14)22-17(20)18(2,3)4/h9-12H,5-8,13H2,1-4H3. The lowest BCUT2D eigenvalue weighted by Crippen LogP contribution is -2.25. The van der Waals surface area contributed by atoms with Gasteiger partial charge in [-0.3, -0.25) is 9.59 Å². The van der Waals surface area contributed by atoms with Gasteiger partial charge in [0.15, 0.2) is 11.5 Å². The fourth-order valence-corrected chi connectivity index (χ4v) is 1.74. The molecule has 1 aromatic rings. The van der Waals surface area contributed by atoms with Crippen LogP contribution in [0.25, 0.3) is 0 Å². The van der Waals surface area contributed by atoms with Crippen LogP contribution in [-0.2, 0) is 9.59 Å². The van der Waals surface area contributed by atoms with E-state index in [4.69, 9.17) is 9.47 Å². The summed E-state index contributed by atoms with van der Waals surface area (Å²) < 4.78 is 10.7. The number of ether oxygens (including phenoxy) is 2. The number of benzene rings is 1. The second kappa shape index (κ2) is 8.57. The monoisotopic (exact) mass is 306 g/mol. The Bertz CT molecular complexity index is 500. The highest BCUT2D eigenvalue weighted by Gasteiger charge is 2.25. The first-order valence-corrected chi connectivity index (χ1v) is 7.86. The zero-order chi connectivity index (χ0) is 16.6. The molecule has 1 aromatic carbocycles. The minimum absolute atomic E-state index is 0.282. The van der Waals surface area contributed by atoms with Crippen molar-refractivity contribution in [1.29, 1.82) is 0 Å². The lowest BCUT2D eigenvalue weighted by molar-refractivity contribution is -0.143. The van der Waals surface area contributed by atoms with E-state index < -0.39 is 5.41 Å². The van der Waals surface area contributed by atoms with Crippen molar-refractivity contribution >= 4 is 11.9 Å². The Morgan fingerprint density at radius 3 is 2.09 bits per heavy atom. The zero-order valence-corrected chi connectivity index (χ0v) is 14.0. The first kappa shape index (κ1) is 18.2. The van der Waals surface area contributed by atoms with Crippen LogP contribution in [0.5, 0.6) is 11.5 Å². The third-order valence-electron chi connectivity index (χ3n) is 3.12. The highest BCUT2D eigenvalue weighted by atomic mass is 16.6. The van der Waals surface area contributed by atoms with E-state index in [-0.39, 0.29) is 17.7 Å². The van der Waals surface area contributed by atoms with Crippen LogP contribution in [-0.4, -0.2) is 11.9 Å². The van der Waals surface area contributed by atoms with Gasteiger partial charge in [0.05, 0.1) is 5.41 Å². The summed E-state index contributed by atoms with van der Waals surface area (Å²) in [6, 6.07) is 6.75. The molecule has 0 aliphatic carbocycles. The van der Waals surface area contributed by atoms with Crippen LogP contribution in [0.3, 0.4) is 0 Å². The average molecular weight is 306 g/mol. The van der Waals surface area contributed by atoms with Crippen LogP contribution >= 0.6 is 0 Å². The van der Waals surface area contributed by atoms with E-state index in [1.807, 2.05) is 0 Å². The molecule has 0 heterocycles. The minimum atomic E-state index is -0.614. The van der Waals surface area contributed by atoms with Crippen molar-refractivity contribution in [2.24, 2.45) is 5.41 Å². The van der Waals surface area contributed by atoms with Crippen LogP contribution in [0.1, 0.15) is 59.8 Å². The number of para-hydroxylation sites is 2. The number of hydrogen-bond donors (Lipinski definition) is 0. The maximum atomic E-state index is 12.0. The fourth-order valence-electron chi connectivity index (χ4n) is 1.74. The van der Waals surface area contributed by atoms with Gasteiger partial charge in [0.25, 0.3) is 0 Å². The molecule has 0 saturated heterocycles. The lowest BCUT2D eigenvalue weighted by atomic mass is 9.97. The number of carbonyl (C=O) groups is 2. The molecule has 0 aromatic heterocycles. The fraction of sp³-hybridized carbons (Fsp3) is 0.556. The van der Waals surface area contributed by atoms with Crippen LogP contribution in [0.15, 0.2) is 24.3 Å². The van der Waals surface area contributed by atoms with Crippen LogP contribution in [0.2, 0.25) is 0 Å². The molecule has 4 nitrogen and oxygen atoms in total. The highest BCUT2D eigenvalue weighted by Crippen LogP contribution is 2.29. The van der Waals surface area contributed by atoms with Gasteiger partial charge in [0.1, 0.15) is 0 Å². The van der Waals surface area contributed by atoms with Crippen molar-refractivity contribution in [3.63, 3.8) is 0 Å². The Labute approximate surface area is 132 Å². The van der Waals surface area contributed by atoms with E-state index >= 15 is 0 Å². The molecular weight excluding hydrogens is 280 g/mol. The molecule has 1 rings (SSSR count). The molecule has 0 aliphatic rings. The highest BCUT2D eigenvalue weighted by molar-refractivity contribution is 5.79. The molecule has 0 spiro atoms. The van der Waals surface area contributed by atoms with Gasteiger partial charge in [-0.1, -0.05) is 38.3 Å². The topological polar surface area (TPSA) is 52.6 Å². The Morgan fingerprint density at radius 2 is 1.55 bits per heavy atom. The largest absolute Gasteiger partial charge is 0.423 e. The number of carbonyl (C=O) groups excluding carboxylic acids is 2. The van der Waals surface area contributed by atoms with Gasteiger partial charge < -0.3 is 9.47 Å². The van der Waals surface area contributed by atoms with Crippen molar-refractivity contribution in [3.8, 4) is 11.5 Å².